The SMILES string of the molecule is CC.CC/C(=C\C=C(/CC#N)OC(C)C)c1nnc(-c2cccc3c2CCC3)s1.CN(C)C(=O)CN. The summed E-state index contributed by atoms with van der Waals surface area (Å²) in [5.41, 5.74) is 10.2. The van der Waals surface area contributed by atoms with Gasteiger partial charge in [-0.3, -0.25) is 4.79 Å². The van der Waals surface area contributed by atoms with Crippen molar-refractivity contribution >= 4 is 22.8 Å². The number of benzene rings is 1. The van der Waals surface area contributed by atoms with Gasteiger partial charge in [-0.25, -0.2) is 0 Å². The lowest BCUT2D eigenvalue weighted by molar-refractivity contribution is -0.127. The fourth-order valence-electron chi connectivity index (χ4n) is 3.52. The molecule has 36 heavy (non-hydrogen) atoms. The number of carbonyl (C=O) groups is 1. The van der Waals surface area contributed by atoms with Crippen LogP contribution in [0, 0.1) is 11.3 Å². The number of ether oxygens (including phenoxy) is 1. The van der Waals surface area contributed by atoms with Crippen molar-refractivity contribution in [2.75, 3.05) is 20.6 Å². The van der Waals surface area contributed by atoms with Crippen molar-refractivity contribution in [1.29, 1.82) is 5.26 Å². The van der Waals surface area contributed by atoms with Crippen LogP contribution < -0.4 is 5.73 Å². The monoisotopic (exact) mass is 511 g/mol. The minimum atomic E-state index is -0.0417. The van der Waals surface area contributed by atoms with E-state index in [0.29, 0.717) is 5.76 Å². The number of likely N-dealkylation sites (N-methyl/N-ethyl adjacent to an activating group) is 1. The average molecular weight is 512 g/mol. The number of rotatable bonds is 8. The summed E-state index contributed by atoms with van der Waals surface area (Å²) in [6, 6.07) is 8.66. The van der Waals surface area contributed by atoms with Crippen LogP contribution in [0.3, 0.4) is 0 Å². The number of hydrogen-bond donors (Lipinski definition) is 1. The molecule has 0 spiro atoms. The van der Waals surface area contributed by atoms with Gasteiger partial charge in [0, 0.05) is 19.7 Å². The molecule has 1 aromatic heterocycles. The molecule has 8 heteroatoms. The fourth-order valence-corrected chi connectivity index (χ4v) is 4.51. The first-order chi connectivity index (χ1) is 17.3. The minimum Gasteiger partial charge on any atom is -0.494 e. The van der Waals surface area contributed by atoms with Crippen molar-refractivity contribution in [3.8, 4) is 16.6 Å². The molecule has 2 aromatic rings. The first kappa shape index (κ1) is 31.0. The summed E-state index contributed by atoms with van der Waals surface area (Å²) < 4.78 is 5.71. The van der Waals surface area contributed by atoms with E-state index in [1.165, 1.54) is 28.0 Å². The highest BCUT2D eigenvalue weighted by Gasteiger charge is 2.18. The van der Waals surface area contributed by atoms with E-state index in [4.69, 9.17) is 15.7 Å². The van der Waals surface area contributed by atoms with Crippen molar-refractivity contribution < 1.29 is 9.53 Å². The summed E-state index contributed by atoms with van der Waals surface area (Å²) in [5, 5.41) is 19.8. The number of aromatic nitrogens is 2. The van der Waals surface area contributed by atoms with Gasteiger partial charge in [-0.1, -0.05) is 56.4 Å². The fraction of sp³-hybridized carbons (Fsp3) is 0.500. The Balaban J connectivity index is 0.000000623. The van der Waals surface area contributed by atoms with Crippen molar-refractivity contribution in [3.63, 3.8) is 0 Å². The molecule has 196 valence electrons. The zero-order valence-electron chi connectivity index (χ0n) is 22.8. The van der Waals surface area contributed by atoms with Crippen LogP contribution in [0.15, 0.2) is 36.1 Å². The molecule has 0 saturated heterocycles. The number of allylic oxidation sites excluding steroid dienone is 4. The van der Waals surface area contributed by atoms with Gasteiger partial charge in [-0.15, -0.1) is 10.2 Å². The van der Waals surface area contributed by atoms with E-state index >= 15 is 0 Å². The Morgan fingerprint density at radius 3 is 2.53 bits per heavy atom. The average Bonchev–Trinajstić information content (AvgIpc) is 3.55. The van der Waals surface area contributed by atoms with Crippen LogP contribution >= 0.6 is 11.3 Å². The molecular formula is C28H41N5O2S. The Bertz CT molecular complexity index is 1060. The number of carbonyl (C=O) groups excluding carboxylic acids is 1. The summed E-state index contributed by atoms with van der Waals surface area (Å²) in [6.07, 6.45) is 8.58. The second kappa shape index (κ2) is 16.6. The maximum absolute atomic E-state index is 10.3. The Labute approximate surface area is 220 Å². The highest BCUT2D eigenvalue weighted by Crippen LogP contribution is 2.35. The Morgan fingerprint density at radius 2 is 1.97 bits per heavy atom. The van der Waals surface area contributed by atoms with Crippen molar-refractivity contribution in [1.82, 2.24) is 15.1 Å². The summed E-state index contributed by atoms with van der Waals surface area (Å²) in [4.78, 5) is 11.8. The molecule has 1 aromatic carbocycles. The Kier molecular flexibility index (Phi) is 14.3. The van der Waals surface area contributed by atoms with Gasteiger partial charge in [0.1, 0.15) is 15.8 Å². The third-order valence-corrected chi connectivity index (χ3v) is 6.27. The maximum Gasteiger partial charge on any atom is 0.235 e. The van der Waals surface area contributed by atoms with Gasteiger partial charge in [0.2, 0.25) is 5.91 Å². The topological polar surface area (TPSA) is 105 Å². The standard InChI is InChI=1S/C22H25N3OS.C4H10N2O.C2H6/c1-4-16(11-12-18(13-14-23)26-15(2)3)21-24-25-22(27-21)20-10-6-8-17-7-5-9-19(17)20;1-6(2)4(7)3-5;1-2/h6,8,10-12,15H,4-5,7,9,13H2,1-3H3;3,5H2,1-2H3;1-2H3/b16-11+,18-12+;;. The van der Waals surface area contributed by atoms with Crippen molar-refractivity contribution in [2.45, 2.75) is 72.8 Å². The second-order valence-electron chi connectivity index (χ2n) is 8.38. The maximum atomic E-state index is 10.3. The first-order valence-corrected chi connectivity index (χ1v) is 13.4. The van der Waals surface area contributed by atoms with Crippen molar-refractivity contribution in [3.05, 3.63) is 52.2 Å². The van der Waals surface area contributed by atoms with Crippen LogP contribution in [0.25, 0.3) is 16.1 Å². The largest absolute Gasteiger partial charge is 0.494 e. The Hall–Kier alpha value is -3.02. The third kappa shape index (κ3) is 9.56. The normalized spacial score (nSPS) is 12.6. The molecule has 1 heterocycles. The molecule has 1 aliphatic carbocycles. The highest BCUT2D eigenvalue weighted by molar-refractivity contribution is 7.15. The van der Waals surface area contributed by atoms with E-state index in [2.05, 4.69) is 41.4 Å². The molecule has 0 unspecified atom stereocenters. The molecule has 3 rings (SSSR count). The lowest BCUT2D eigenvalue weighted by Gasteiger charge is -2.10. The quantitative estimate of drug-likeness (QED) is 0.356. The summed E-state index contributed by atoms with van der Waals surface area (Å²) in [5.74, 6) is 0.643. The van der Waals surface area contributed by atoms with Crippen LogP contribution in [-0.4, -0.2) is 47.7 Å². The van der Waals surface area contributed by atoms with Crippen LogP contribution in [0.1, 0.15) is 70.0 Å². The van der Waals surface area contributed by atoms with E-state index in [9.17, 15) is 4.79 Å². The van der Waals surface area contributed by atoms with E-state index in [-0.39, 0.29) is 25.0 Å². The van der Waals surface area contributed by atoms with Crippen molar-refractivity contribution in [2.24, 2.45) is 5.73 Å². The molecule has 2 N–H and O–H groups in total. The number of hydrogen-bond acceptors (Lipinski definition) is 7. The molecule has 0 radical (unpaired) electrons. The van der Waals surface area contributed by atoms with Crippen LogP contribution in [0.4, 0.5) is 0 Å². The first-order valence-electron chi connectivity index (χ1n) is 12.6. The Morgan fingerprint density at radius 1 is 1.25 bits per heavy atom. The summed E-state index contributed by atoms with van der Waals surface area (Å²) >= 11 is 1.64. The number of nitriles is 1. The smallest absolute Gasteiger partial charge is 0.235 e. The zero-order valence-corrected chi connectivity index (χ0v) is 23.6. The highest BCUT2D eigenvalue weighted by atomic mass is 32.1. The summed E-state index contributed by atoms with van der Waals surface area (Å²) in [6.45, 7) is 10.1. The van der Waals surface area contributed by atoms with Gasteiger partial charge in [0.25, 0.3) is 0 Å². The van der Waals surface area contributed by atoms with Gasteiger partial charge < -0.3 is 15.4 Å². The van der Waals surface area contributed by atoms with Gasteiger partial charge in [0.15, 0.2) is 0 Å². The van der Waals surface area contributed by atoms with E-state index in [0.717, 1.165) is 34.9 Å². The predicted molar refractivity (Wildman–Crippen MR) is 149 cm³/mol. The van der Waals surface area contributed by atoms with Gasteiger partial charge in [-0.05, 0) is 62.3 Å². The molecule has 1 amide bonds. The number of nitrogens with zero attached hydrogens (tertiary/aromatic N) is 4. The predicted octanol–water partition coefficient (Wildman–Crippen LogP) is 5.77. The molecule has 0 atom stereocenters. The molecule has 0 saturated carbocycles. The van der Waals surface area contributed by atoms with Crippen LogP contribution in [0.5, 0.6) is 0 Å². The van der Waals surface area contributed by atoms with Gasteiger partial charge in [0.05, 0.1) is 25.1 Å². The lowest BCUT2D eigenvalue weighted by Crippen LogP contribution is -2.28. The molecule has 0 bridgehead atoms. The number of aryl methyl sites for hydroxylation is 1. The van der Waals surface area contributed by atoms with E-state index in [1.807, 2.05) is 39.8 Å². The van der Waals surface area contributed by atoms with Crippen LogP contribution in [0.2, 0.25) is 0 Å². The summed E-state index contributed by atoms with van der Waals surface area (Å²) in [7, 11) is 3.35. The molecule has 0 aliphatic heterocycles. The van der Waals surface area contributed by atoms with E-state index in [1.54, 1.807) is 25.4 Å². The van der Waals surface area contributed by atoms with Gasteiger partial charge >= 0.3 is 0 Å². The molecular weight excluding hydrogens is 470 g/mol. The number of fused-ring (bicyclic) bond motifs is 1. The van der Waals surface area contributed by atoms with E-state index < -0.39 is 0 Å². The van der Waals surface area contributed by atoms with Gasteiger partial charge in [-0.2, -0.15) is 5.26 Å². The lowest BCUT2D eigenvalue weighted by atomic mass is 10.0. The zero-order chi connectivity index (χ0) is 27.1. The molecule has 0 fully saturated rings. The minimum absolute atomic E-state index is 0.0417. The molecule has 1 aliphatic rings. The number of nitrogens with two attached hydrogens (primary N) is 1. The second-order valence-corrected chi connectivity index (χ2v) is 9.36. The number of amides is 1. The molecule has 7 nitrogen and oxygen atoms in total. The van der Waals surface area contributed by atoms with Crippen LogP contribution in [-0.2, 0) is 22.4 Å². The third-order valence-electron chi connectivity index (χ3n) is 5.24.